The third-order valence-electron chi connectivity index (χ3n) is 4.52. The van der Waals surface area contributed by atoms with E-state index < -0.39 is 7.82 Å². The molecule has 0 radical (unpaired) electrons. The number of rotatable bonds is 0. The highest BCUT2D eigenvalue weighted by Crippen LogP contribution is 2.71. The minimum atomic E-state index is -3.49. The van der Waals surface area contributed by atoms with Gasteiger partial charge in [0.05, 0.1) is 0 Å². The Morgan fingerprint density at radius 3 is 1.91 bits per heavy atom. The van der Waals surface area contributed by atoms with Gasteiger partial charge >= 0.3 is 7.82 Å². The summed E-state index contributed by atoms with van der Waals surface area (Å²) in [6, 6.07) is 18.3. The highest BCUT2D eigenvalue weighted by molar-refractivity contribution is 7.50. The Hall–Kier alpha value is -2.71. The highest BCUT2D eigenvalue weighted by atomic mass is 31.2. The molecule has 2 aliphatic rings. The maximum absolute atomic E-state index is 12.3. The molecule has 2 aliphatic heterocycles. The van der Waals surface area contributed by atoms with Crippen LogP contribution in [-0.2, 0) is 4.57 Å². The van der Waals surface area contributed by atoms with Crippen LogP contribution in [0.3, 0.4) is 0 Å². The highest BCUT2D eigenvalue weighted by Gasteiger charge is 2.51. The fraction of sp³-hybridized carbons (Fsp3) is 0. The standard InChI is InChI=1S/C18H9O4P/c19-23-20-15-9-14-12-7-2-1-5-10(12)11-6-3-4-8-13(11)16(14)18(22-23)17(15)21-23/h1-9H. The lowest BCUT2D eigenvalue weighted by Gasteiger charge is -2.16. The summed E-state index contributed by atoms with van der Waals surface area (Å²) in [4.78, 5) is 0. The minimum Gasteiger partial charge on any atom is -0.382 e. The second-order valence-corrected chi connectivity index (χ2v) is 7.21. The topological polar surface area (TPSA) is 44.8 Å². The molecule has 0 fully saturated rings. The molecule has 0 aromatic heterocycles. The van der Waals surface area contributed by atoms with Crippen molar-refractivity contribution in [3.8, 4) is 17.2 Å². The Morgan fingerprint density at radius 2 is 1.22 bits per heavy atom. The van der Waals surface area contributed by atoms with Crippen molar-refractivity contribution in [2.75, 3.05) is 0 Å². The van der Waals surface area contributed by atoms with Crippen molar-refractivity contribution in [1.82, 2.24) is 0 Å². The zero-order valence-corrected chi connectivity index (χ0v) is 12.7. The van der Waals surface area contributed by atoms with Crippen molar-refractivity contribution in [3.05, 3.63) is 54.6 Å². The average Bonchev–Trinajstić information content (AvgIpc) is 3.08. The molecule has 110 valence electrons. The Labute approximate surface area is 130 Å². The van der Waals surface area contributed by atoms with Gasteiger partial charge in [-0.3, -0.25) is 0 Å². The molecule has 0 saturated heterocycles. The number of hydrogen-bond acceptors (Lipinski definition) is 4. The first-order chi connectivity index (χ1) is 11.2. The third-order valence-corrected chi connectivity index (χ3v) is 5.75. The molecule has 4 aromatic rings. The zero-order valence-electron chi connectivity index (χ0n) is 11.8. The van der Waals surface area contributed by atoms with Crippen LogP contribution in [0.25, 0.3) is 32.3 Å². The van der Waals surface area contributed by atoms with Crippen LogP contribution in [0.15, 0.2) is 54.6 Å². The summed E-state index contributed by atoms with van der Waals surface area (Å²) in [5.41, 5.74) is 0. The quantitative estimate of drug-likeness (QED) is 0.321. The molecule has 0 spiro atoms. The predicted octanol–water partition coefficient (Wildman–Crippen LogP) is 5.42. The molecule has 1 atom stereocenters. The van der Waals surface area contributed by atoms with Gasteiger partial charge in [0.2, 0.25) is 5.75 Å². The van der Waals surface area contributed by atoms with E-state index in [4.69, 9.17) is 13.6 Å². The normalized spacial score (nSPS) is 20.7. The van der Waals surface area contributed by atoms with Gasteiger partial charge in [-0.25, -0.2) is 0 Å². The van der Waals surface area contributed by atoms with Gasteiger partial charge in [-0.1, -0.05) is 48.5 Å². The fourth-order valence-corrected chi connectivity index (χ4v) is 4.91. The summed E-state index contributed by atoms with van der Waals surface area (Å²) < 4.78 is 28.6. The van der Waals surface area contributed by atoms with Gasteiger partial charge in [0.15, 0.2) is 11.5 Å². The van der Waals surface area contributed by atoms with Crippen LogP contribution in [0, 0.1) is 0 Å². The lowest BCUT2D eigenvalue weighted by molar-refractivity contribution is 0.355. The first kappa shape index (κ1) is 11.8. The first-order valence-corrected chi connectivity index (χ1v) is 8.79. The van der Waals surface area contributed by atoms with Crippen LogP contribution in [0.4, 0.5) is 0 Å². The van der Waals surface area contributed by atoms with Crippen molar-refractivity contribution < 1.29 is 18.1 Å². The van der Waals surface area contributed by atoms with Gasteiger partial charge in [-0.15, -0.1) is 0 Å². The van der Waals surface area contributed by atoms with E-state index in [1.807, 2.05) is 30.3 Å². The van der Waals surface area contributed by atoms with Crippen LogP contribution in [-0.4, -0.2) is 0 Å². The number of fused-ring (bicyclic) bond motifs is 8. The van der Waals surface area contributed by atoms with Gasteiger partial charge in [0.25, 0.3) is 0 Å². The van der Waals surface area contributed by atoms with Crippen LogP contribution in [0.2, 0.25) is 0 Å². The second kappa shape index (κ2) is 3.61. The maximum Gasteiger partial charge on any atom is 0.647 e. The number of phosphoric acid groups is 1. The monoisotopic (exact) mass is 320 g/mol. The van der Waals surface area contributed by atoms with Crippen LogP contribution in [0.1, 0.15) is 0 Å². The van der Waals surface area contributed by atoms with E-state index >= 15 is 0 Å². The third kappa shape index (κ3) is 1.31. The molecule has 4 aromatic carbocycles. The van der Waals surface area contributed by atoms with Crippen LogP contribution >= 0.6 is 7.82 Å². The van der Waals surface area contributed by atoms with Gasteiger partial charge in [-0.2, -0.15) is 4.57 Å². The van der Waals surface area contributed by atoms with Crippen molar-refractivity contribution in [1.29, 1.82) is 0 Å². The summed E-state index contributed by atoms with van der Waals surface area (Å²) in [5, 5.41) is 6.43. The van der Waals surface area contributed by atoms with E-state index in [9.17, 15) is 4.57 Å². The molecule has 6 rings (SSSR count). The second-order valence-electron chi connectivity index (χ2n) is 5.77. The largest absolute Gasteiger partial charge is 0.647 e. The molecule has 0 saturated carbocycles. The number of hydrogen-bond donors (Lipinski definition) is 0. The van der Waals surface area contributed by atoms with Gasteiger partial charge in [0.1, 0.15) is 0 Å². The molecule has 4 nitrogen and oxygen atoms in total. The summed E-state index contributed by atoms with van der Waals surface area (Å²) in [6.45, 7) is 0. The lowest BCUT2D eigenvalue weighted by Crippen LogP contribution is -1.98. The average molecular weight is 320 g/mol. The Kier molecular flexibility index (Phi) is 1.85. The van der Waals surface area contributed by atoms with E-state index in [0.717, 1.165) is 26.9 Å². The summed E-state index contributed by atoms with van der Waals surface area (Å²) in [5.74, 6) is 1.50. The number of benzene rings is 4. The molecule has 0 N–H and O–H groups in total. The van der Waals surface area contributed by atoms with E-state index in [2.05, 4.69) is 24.3 Å². The molecule has 23 heavy (non-hydrogen) atoms. The predicted molar refractivity (Wildman–Crippen MR) is 88.5 cm³/mol. The van der Waals surface area contributed by atoms with Crippen LogP contribution < -0.4 is 13.6 Å². The lowest BCUT2D eigenvalue weighted by atomic mass is 9.93. The molecule has 0 aliphatic carbocycles. The summed E-state index contributed by atoms with van der Waals surface area (Å²) in [7, 11) is -3.49. The van der Waals surface area contributed by atoms with E-state index in [1.165, 1.54) is 5.39 Å². The molecule has 5 heteroatoms. The van der Waals surface area contributed by atoms with Crippen molar-refractivity contribution in [2.45, 2.75) is 0 Å². The molecule has 1 unspecified atom stereocenters. The summed E-state index contributed by atoms with van der Waals surface area (Å²) >= 11 is 0. The van der Waals surface area contributed by atoms with Crippen LogP contribution in [0.5, 0.6) is 17.2 Å². The SMILES string of the molecule is O=P12Oc3cc4c5ccccc5c5ccccc5c4c(c3O1)O2. The molecular formula is C18H9O4P. The Bertz CT molecular complexity index is 1220. The van der Waals surface area contributed by atoms with Gasteiger partial charge in [-0.05, 0) is 33.0 Å². The smallest absolute Gasteiger partial charge is 0.382 e. The maximum atomic E-state index is 12.3. The van der Waals surface area contributed by atoms with Crippen molar-refractivity contribution >= 4 is 40.1 Å². The summed E-state index contributed by atoms with van der Waals surface area (Å²) in [6.07, 6.45) is 0. The first-order valence-electron chi connectivity index (χ1n) is 7.32. The minimum absolute atomic E-state index is 0.460. The fourth-order valence-electron chi connectivity index (χ4n) is 3.63. The van der Waals surface area contributed by atoms with Crippen molar-refractivity contribution in [3.63, 3.8) is 0 Å². The van der Waals surface area contributed by atoms with Crippen molar-refractivity contribution in [2.24, 2.45) is 0 Å². The number of phosphoric ester groups is 1. The Balaban J connectivity index is 1.98. The van der Waals surface area contributed by atoms with Gasteiger partial charge in [0, 0.05) is 5.39 Å². The van der Waals surface area contributed by atoms with E-state index in [-0.39, 0.29) is 0 Å². The zero-order chi connectivity index (χ0) is 15.2. The molecule has 2 heterocycles. The molecular weight excluding hydrogens is 311 g/mol. The molecule has 0 amide bonds. The van der Waals surface area contributed by atoms with Gasteiger partial charge < -0.3 is 13.6 Å². The molecule has 2 bridgehead atoms. The van der Waals surface area contributed by atoms with E-state index in [1.54, 1.807) is 0 Å². The van der Waals surface area contributed by atoms with E-state index in [0.29, 0.717) is 17.2 Å². The Morgan fingerprint density at radius 1 is 0.652 bits per heavy atom.